The number of para-hydroxylation sites is 1. The lowest BCUT2D eigenvalue weighted by atomic mass is 10.1. The molecule has 0 amide bonds. The van der Waals surface area contributed by atoms with E-state index in [9.17, 15) is 18.3 Å². The van der Waals surface area contributed by atoms with Crippen LogP contribution in [-0.4, -0.2) is 68.6 Å². The van der Waals surface area contributed by atoms with E-state index in [4.69, 9.17) is 9.47 Å². The normalized spacial score (nSPS) is 18.8. The van der Waals surface area contributed by atoms with Gasteiger partial charge >= 0.3 is 0 Å². The van der Waals surface area contributed by atoms with E-state index in [-0.39, 0.29) is 30.7 Å². The van der Waals surface area contributed by atoms with Crippen LogP contribution in [0.15, 0.2) is 48.5 Å². The minimum absolute atomic E-state index is 0.00106. The lowest BCUT2D eigenvalue weighted by Gasteiger charge is -2.30. The van der Waals surface area contributed by atoms with Crippen molar-refractivity contribution >= 4 is 16.1 Å². The Balaban J connectivity index is 1.68. The van der Waals surface area contributed by atoms with Gasteiger partial charge < -0.3 is 14.6 Å². The highest BCUT2D eigenvalue weighted by molar-refractivity contribution is 7.91. The van der Waals surface area contributed by atoms with E-state index in [1.54, 1.807) is 31.4 Å². The standard InChI is InChI=1S/C22H27NO6S/c1-28-21-7-4-5-17(11-21)12-23(19-9-10-30(26,27)16-19)13-20(25)15-29-22-8-3-2-6-18(22)14-24/h2-8,11,14,19-20,25H,9-10,12-13,15-16H2,1H3. The van der Waals surface area contributed by atoms with Gasteiger partial charge in [-0.1, -0.05) is 24.3 Å². The van der Waals surface area contributed by atoms with E-state index in [0.29, 0.717) is 30.6 Å². The van der Waals surface area contributed by atoms with Crippen molar-refractivity contribution in [1.82, 2.24) is 4.90 Å². The number of nitrogens with zero attached hydrogens (tertiary/aromatic N) is 1. The van der Waals surface area contributed by atoms with E-state index in [2.05, 4.69) is 0 Å². The van der Waals surface area contributed by atoms with Crippen LogP contribution in [0.4, 0.5) is 0 Å². The number of ether oxygens (including phenoxy) is 2. The van der Waals surface area contributed by atoms with Crippen LogP contribution in [0.2, 0.25) is 0 Å². The molecule has 30 heavy (non-hydrogen) atoms. The number of hydrogen-bond donors (Lipinski definition) is 1. The van der Waals surface area contributed by atoms with Gasteiger partial charge in [-0.15, -0.1) is 0 Å². The molecular weight excluding hydrogens is 406 g/mol. The number of rotatable bonds is 10. The van der Waals surface area contributed by atoms with Crippen molar-refractivity contribution in [3.63, 3.8) is 0 Å². The Hall–Kier alpha value is -2.42. The summed E-state index contributed by atoms with van der Waals surface area (Å²) in [4.78, 5) is 13.1. The molecule has 1 saturated heterocycles. The SMILES string of the molecule is COc1cccc(CN(CC(O)COc2ccccc2C=O)C2CCS(=O)(=O)C2)c1. The number of benzene rings is 2. The van der Waals surface area contributed by atoms with Gasteiger partial charge in [-0.3, -0.25) is 9.69 Å². The summed E-state index contributed by atoms with van der Waals surface area (Å²) in [5.41, 5.74) is 1.39. The Bertz CT molecular complexity index is 962. The molecule has 2 aromatic rings. The summed E-state index contributed by atoms with van der Waals surface area (Å²) in [6.45, 7) is 0.735. The van der Waals surface area contributed by atoms with Crippen LogP contribution >= 0.6 is 0 Å². The average molecular weight is 434 g/mol. The maximum absolute atomic E-state index is 12.0. The summed E-state index contributed by atoms with van der Waals surface area (Å²) in [6, 6.07) is 14.2. The maximum atomic E-state index is 12.0. The Morgan fingerprint density at radius 2 is 2.03 bits per heavy atom. The number of aliphatic hydroxyl groups excluding tert-OH is 1. The van der Waals surface area contributed by atoms with E-state index < -0.39 is 15.9 Å². The fourth-order valence-corrected chi connectivity index (χ4v) is 5.39. The van der Waals surface area contributed by atoms with Crippen LogP contribution in [-0.2, 0) is 16.4 Å². The lowest BCUT2D eigenvalue weighted by Crippen LogP contribution is -2.42. The predicted molar refractivity (Wildman–Crippen MR) is 114 cm³/mol. The first kappa shape index (κ1) is 22.3. The maximum Gasteiger partial charge on any atom is 0.153 e. The molecule has 1 N–H and O–H groups in total. The van der Waals surface area contributed by atoms with Crippen LogP contribution in [0, 0.1) is 0 Å². The van der Waals surface area contributed by atoms with Crippen molar-refractivity contribution in [3.8, 4) is 11.5 Å². The highest BCUT2D eigenvalue weighted by Crippen LogP contribution is 2.22. The second-order valence-corrected chi connectivity index (χ2v) is 9.69. The number of methoxy groups -OCH3 is 1. The molecule has 2 unspecified atom stereocenters. The molecule has 0 aromatic heterocycles. The first-order chi connectivity index (χ1) is 14.4. The first-order valence-electron chi connectivity index (χ1n) is 9.82. The third kappa shape index (κ3) is 6.04. The molecule has 3 rings (SSSR count). The molecule has 0 bridgehead atoms. The Kier molecular flexibility index (Phi) is 7.47. The van der Waals surface area contributed by atoms with Gasteiger partial charge in [0.1, 0.15) is 24.2 Å². The van der Waals surface area contributed by atoms with Gasteiger partial charge in [-0.05, 0) is 36.2 Å². The number of sulfone groups is 1. The van der Waals surface area contributed by atoms with Gasteiger partial charge in [-0.2, -0.15) is 0 Å². The number of hydrogen-bond acceptors (Lipinski definition) is 7. The van der Waals surface area contributed by atoms with Gasteiger partial charge in [0, 0.05) is 19.1 Å². The third-order valence-electron chi connectivity index (χ3n) is 5.17. The molecule has 2 aromatic carbocycles. The highest BCUT2D eigenvalue weighted by Gasteiger charge is 2.33. The molecule has 7 nitrogen and oxygen atoms in total. The molecule has 1 fully saturated rings. The van der Waals surface area contributed by atoms with Crippen molar-refractivity contribution in [2.24, 2.45) is 0 Å². The Morgan fingerprint density at radius 1 is 1.23 bits per heavy atom. The monoisotopic (exact) mass is 433 g/mol. The molecule has 162 valence electrons. The van der Waals surface area contributed by atoms with Gasteiger partial charge in [0.15, 0.2) is 16.1 Å². The van der Waals surface area contributed by atoms with E-state index in [1.165, 1.54) is 0 Å². The fraction of sp³-hybridized carbons (Fsp3) is 0.409. The van der Waals surface area contributed by atoms with Crippen molar-refractivity contribution in [3.05, 3.63) is 59.7 Å². The summed E-state index contributed by atoms with van der Waals surface area (Å²) in [6.07, 6.45) is 0.396. The van der Waals surface area contributed by atoms with Gasteiger partial charge in [0.05, 0.1) is 24.2 Å². The van der Waals surface area contributed by atoms with Gasteiger partial charge in [0.25, 0.3) is 0 Å². The predicted octanol–water partition coefficient (Wildman–Crippen LogP) is 1.94. The van der Waals surface area contributed by atoms with Crippen LogP contribution in [0.3, 0.4) is 0 Å². The summed E-state index contributed by atoms with van der Waals surface area (Å²) < 4.78 is 34.9. The number of carbonyl (C=O) groups excluding carboxylic acids is 1. The van der Waals surface area contributed by atoms with Crippen LogP contribution in [0.5, 0.6) is 11.5 Å². The highest BCUT2D eigenvalue weighted by atomic mass is 32.2. The minimum Gasteiger partial charge on any atom is -0.497 e. The molecule has 0 radical (unpaired) electrons. The second-order valence-electron chi connectivity index (χ2n) is 7.46. The third-order valence-corrected chi connectivity index (χ3v) is 6.92. The smallest absolute Gasteiger partial charge is 0.153 e. The van der Waals surface area contributed by atoms with Gasteiger partial charge in [0.2, 0.25) is 0 Å². The molecule has 1 aliphatic rings. The molecule has 0 saturated carbocycles. The molecular formula is C22H27NO6S. The van der Waals surface area contributed by atoms with Gasteiger partial charge in [-0.25, -0.2) is 8.42 Å². The largest absolute Gasteiger partial charge is 0.497 e. The van der Waals surface area contributed by atoms with Crippen molar-refractivity contribution in [2.75, 3.05) is 31.8 Å². The van der Waals surface area contributed by atoms with Crippen molar-refractivity contribution in [1.29, 1.82) is 0 Å². The topological polar surface area (TPSA) is 93.1 Å². The summed E-state index contributed by atoms with van der Waals surface area (Å²) in [7, 11) is -1.47. The van der Waals surface area contributed by atoms with E-state index in [1.807, 2.05) is 29.2 Å². The second kappa shape index (κ2) is 10.1. The van der Waals surface area contributed by atoms with E-state index in [0.717, 1.165) is 11.3 Å². The minimum atomic E-state index is -3.06. The fourth-order valence-electron chi connectivity index (χ4n) is 3.63. The lowest BCUT2D eigenvalue weighted by molar-refractivity contribution is 0.0521. The average Bonchev–Trinajstić information content (AvgIpc) is 3.11. The van der Waals surface area contributed by atoms with Crippen molar-refractivity contribution in [2.45, 2.75) is 25.1 Å². The first-order valence-corrected chi connectivity index (χ1v) is 11.6. The van der Waals surface area contributed by atoms with Crippen LogP contribution in [0.25, 0.3) is 0 Å². The zero-order valence-electron chi connectivity index (χ0n) is 16.9. The number of carbonyl (C=O) groups is 1. The van der Waals surface area contributed by atoms with Crippen LogP contribution < -0.4 is 9.47 Å². The number of aldehydes is 1. The Labute approximate surface area is 177 Å². The van der Waals surface area contributed by atoms with E-state index >= 15 is 0 Å². The Morgan fingerprint density at radius 3 is 2.73 bits per heavy atom. The zero-order valence-corrected chi connectivity index (χ0v) is 17.8. The van der Waals surface area contributed by atoms with Crippen LogP contribution in [0.1, 0.15) is 22.3 Å². The molecule has 1 aliphatic heterocycles. The summed E-state index contributed by atoms with van der Waals surface area (Å²) in [5, 5.41) is 10.6. The van der Waals surface area contributed by atoms with Crippen molar-refractivity contribution < 1.29 is 27.8 Å². The zero-order chi connectivity index (χ0) is 21.6. The quantitative estimate of drug-likeness (QED) is 0.572. The number of aliphatic hydroxyl groups is 1. The summed E-state index contributed by atoms with van der Waals surface area (Å²) >= 11 is 0. The molecule has 0 spiro atoms. The molecule has 2 atom stereocenters. The molecule has 8 heteroatoms. The molecule has 1 heterocycles. The molecule has 0 aliphatic carbocycles. The summed E-state index contributed by atoms with van der Waals surface area (Å²) in [5.74, 6) is 1.37.